The molecule has 24 heavy (non-hydrogen) atoms. The molecular weight excluding hydrogens is 330 g/mol. The zero-order valence-electron chi connectivity index (χ0n) is 13.1. The average Bonchev–Trinajstić information content (AvgIpc) is 3.29. The third-order valence-corrected chi connectivity index (χ3v) is 3.95. The maximum absolute atomic E-state index is 5.23. The lowest BCUT2D eigenvalue weighted by molar-refractivity contribution is 0.107. The van der Waals surface area contributed by atoms with Crippen molar-refractivity contribution in [1.82, 2.24) is 10.1 Å². The van der Waals surface area contributed by atoms with Crippen molar-refractivity contribution in [3.05, 3.63) is 47.2 Å². The molecule has 0 atom stereocenters. The topological polar surface area (TPSA) is 79.0 Å². The maximum atomic E-state index is 5.23. The molecule has 2 aromatic heterocycles. The molecule has 0 N–H and O–H groups in total. The highest BCUT2D eigenvalue weighted by Gasteiger charge is 2.09. The SMILES string of the molecule is COc1ccc(/C=N\OCc2nc(-c3cccs3)no2)cc1OC. The number of hydrogen-bond acceptors (Lipinski definition) is 8. The lowest BCUT2D eigenvalue weighted by Gasteiger charge is -2.07. The first kappa shape index (κ1) is 16.0. The van der Waals surface area contributed by atoms with Gasteiger partial charge in [0.05, 0.1) is 25.3 Å². The lowest BCUT2D eigenvalue weighted by atomic mass is 10.2. The molecule has 3 rings (SSSR count). The van der Waals surface area contributed by atoms with Crippen LogP contribution in [0.25, 0.3) is 10.7 Å². The van der Waals surface area contributed by atoms with E-state index in [1.807, 2.05) is 23.6 Å². The summed E-state index contributed by atoms with van der Waals surface area (Å²) in [4.78, 5) is 10.4. The Bertz CT molecular complexity index is 815. The highest BCUT2D eigenvalue weighted by atomic mass is 32.1. The van der Waals surface area contributed by atoms with E-state index in [0.29, 0.717) is 23.2 Å². The van der Waals surface area contributed by atoms with Gasteiger partial charge >= 0.3 is 0 Å². The number of nitrogens with zero attached hydrogens (tertiary/aromatic N) is 3. The second-order valence-electron chi connectivity index (χ2n) is 4.61. The number of thiophene rings is 1. The van der Waals surface area contributed by atoms with Gasteiger partial charge in [0.25, 0.3) is 5.89 Å². The van der Waals surface area contributed by atoms with Crippen LogP contribution in [-0.4, -0.2) is 30.6 Å². The van der Waals surface area contributed by atoms with E-state index in [1.165, 1.54) is 0 Å². The van der Waals surface area contributed by atoms with E-state index in [-0.39, 0.29) is 6.61 Å². The molecule has 0 aliphatic carbocycles. The molecule has 0 unspecified atom stereocenters. The summed E-state index contributed by atoms with van der Waals surface area (Å²) in [7, 11) is 3.17. The fourth-order valence-corrected chi connectivity index (χ4v) is 2.59. The van der Waals surface area contributed by atoms with Crippen molar-refractivity contribution in [2.24, 2.45) is 5.16 Å². The van der Waals surface area contributed by atoms with Crippen molar-refractivity contribution in [1.29, 1.82) is 0 Å². The van der Waals surface area contributed by atoms with Gasteiger partial charge < -0.3 is 18.8 Å². The number of oxime groups is 1. The number of benzene rings is 1. The van der Waals surface area contributed by atoms with Crippen LogP contribution in [0.1, 0.15) is 11.5 Å². The van der Waals surface area contributed by atoms with Gasteiger partial charge in [0, 0.05) is 5.56 Å². The summed E-state index contributed by atoms with van der Waals surface area (Å²) in [5.74, 6) is 2.19. The molecule has 0 aliphatic heterocycles. The van der Waals surface area contributed by atoms with Crippen LogP contribution in [0.15, 0.2) is 45.4 Å². The van der Waals surface area contributed by atoms with Crippen LogP contribution in [0.2, 0.25) is 0 Å². The highest BCUT2D eigenvalue weighted by molar-refractivity contribution is 7.13. The maximum Gasteiger partial charge on any atom is 0.267 e. The van der Waals surface area contributed by atoms with Crippen molar-refractivity contribution in [2.45, 2.75) is 6.61 Å². The first-order valence-electron chi connectivity index (χ1n) is 7.04. The molecule has 1 aromatic carbocycles. The summed E-state index contributed by atoms with van der Waals surface area (Å²) in [6.07, 6.45) is 1.57. The van der Waals surface area contributed by atoms with E-state index in [4.69, 9.17) is 18.8 Å². The van der Waals surface area contributed by atoms with E-state index < -0.39 is 0 Å². The second-order valence-corrected chi connectivity index (χ2v) is 5.56. The Morgan fingerprint density at radius 1 is 1.21 bits per heavy atom. The molecule has 124 valence electrons. The van der Waals surface area contributed by atoms with Crippen LogP contribution in [-0.2, 0) is 11.4 Å². The Hall–Kier alpha value is -2.87. The van der Waals surface area contributed by atoms with Crippen LogP contribution < -0.4 is 9.47 Å². The van der Waals surface area contributed by atoms with E-state index in [2.05, 4.69) is 15.3 Å². The standard InChI is InChI=1S/C16H15N3O4S/c1-20-12-6-5-11(8-13(12)21-2)9-17-22-10-15-18-16(19-23-15)14-4-3-7-24-14/h3-9H,10H2,1-2H3/b17-9-. The Morgan fingerprint density at radius 3 is 2.83 bits per heavy atom. The summed E-state index contributed by atoms with van der Waals surface area (Å²) < 4.78 is 15.5. The van der Waals surface area contributed by atoms with E-state index in [0.717, 1.165) is 10.4 Å². The van der Waals surface area contributed by atoms with Crippen molar-refractivity contribution >= 4 is 17.6 Å². The summed E-state index contributed by atoms with van der Waals surface area (Å²) in [6.45, 7) is 0.0994. The van der Waals surface area contributed by atoms with Crippen molar-refractivity contribution in [2.75, 3.05) is 14.2 Å². The first-order chi connectivity index (χ1) is 11.8. The molecule has 0 saturated heterocycles. The minimum atomic E-state index is 0.0994. The molecule has 3 aromatic rings. The Morgan fingerprint density at radius 2 is 2.08 bits per heavy atom. The van der Waals surface area contributed by atoms with Crippen molar-refractivity contribution in [3.63, 3.8) is 0 Å². The number of rotatable bonds is 7. The van der Waals surface area contributed by atoms with Crippen LogP contribution in [0, 0.1) is 0 Å². The number of ether oxygens (including phenoxy) is 2. The molecular formula is C16H15N3O4S. The molecule has 7 nitrogen and oxygen atoms in total. The molecule has 0 saturated carbocycles. The summed E-state index contributed by atoms with van der Waals surface area (Å²) in [5, 5.41) is 9.75. The first-order valence-corrected chi connectivity index (χ1v) is 7.92. The van der Waals surface area contributed by atoms with Crippen molar-refractivity contribution in [3.8, 4) is 22.2 Å². The molecule has 0 radical (unpaired) electrons. The monoisotopic (exact) mass is 345 g/mol. The van der Waals surface area contributed by atoms with Crippen LogP contribution >= 0.6 is 11.3 Å². The minimum absolute atomic E-state index is 0.0994. The fraction of sp³-hybridized carbons (Fsp3) is 0.188. The van der Waals surface area contributed by atoms with Gasteiger partial charge in [0.1, 0.15) is 0 Å². The average molecular weight is 345 g/mol. The third kappa shape index (κ3) is 3.72. The Labute approximate surface area is 142 Å². The van der Waals surface area contributed by atoms with Gasteiger partial charge in [-0.3, -0.25) is 0 Å². The van der Waals surface area contributed by atoms with Crippen LogP contribution in [0.4, 0.5) is 0 Å². The summed E-state index contributed by atoms with van der Waals surface area (Å²) in [5.41, 5.74) is 0.817. The Balaban J connectivity index is 1.57. The van der Waals surface area contributed by atoms with Gasteiger partial charge in [-0.25, -0.2) is 0 Å². The number of aromatic nitrogens is 2. The van der Waals surface area contributed by atoms with Gasteiger partial charge in [-0.1, -0.05) is 16.4 Å². The third-order valence-electron chi connectivity index (χ3n) is 3.08. The minimum Gasteiger partial charge on any atom is -0.493 e. The van der Waals surface area contributed by atoms with E-state index in [1.54, 1.807) is 43.9 Å². The van der Waals surface area contributed by atoms with E-state index >= 15 is 0 Å². The predicted octanol–water partition coefficient (Wildman–Crippen LogP) is 3.37. The number of methoxy groups -OCH3 is 2. The molecule has 8 heteroatoms. The van der Waals surface area contributed by atoms with Gasteiger partial charge in [-0.2, -0.15) is 4.98 Å². The van der Waals surface area contributed by atoms with E-state index in [9.17, 15) is 0 Å². The molecule has 0 fully saturated rings. The zero-order chi connectivity index (χ0) is 16.8. The smallest absolute Gasteiger partial charge is 0.267 e. The predicted molar refractivity (Wildman–Crippen MR) is 89.5 cm³/mol. The van der Waals surface area contributed by atoms with Crippen LogP contribution in [0.5, 0.6) is 11.5 Å². The Kier molecular flexibility index (Phi) is 5.07. The summed E-state index contributed by atoms with van der Waals surface area (Å²) >= 11 is 1.54. The highest BCUT2D eigenvalue weighted by Crippen LogP contribution is 2.27. The number of hydrogen-bond donors (Lipinski definition) is 0. The molecule has 0 amide bonds. The zero-order valence-corrected chi connectivity index (χ0v) is 13.9. The van der Waals surface area contributed by atoms with Gasteiger partial charge in [0.15, 0.2) is 18.1 Å². The van der Waals surface area contributed by atoms with Gasteiger partial charge in [0.2, 0.25) is 5.82 Å². The molecule has 0 spiro atoms. The fourth-order valence-electron chi connectivity index (χ4n) is 1.94. The normalized spacial score (nSPS) is 10.9. The molecule has 0 aliphatic rings. The van der Waals surface area contributed by atoms with Crippen molar-refractivity contribution < 1.29 is 18.8 Å². The molecule has 2 heterocycles. The quantitative estimate of drug-likeness (QED) is 0.482. The van der Waals surface area contributed by atoms with Crippen LogP contribution in [0.3, 0.4) is 0 Å². The summed E-state index contributed by atoms with van der Waals surface area (Å²) in [6, 6.07) is 9.30. The largest absolute Gasteiger partial charge is 0.493 e. The molecule has 0 bridgehead atoms. The van der Waals surface area contributed by atoms with Gasteiger partial charge in [-0.15, -0.1) is 11.3 Å². The second kappa shape index (κ2) is 7.60. The van der Waals surface area contributed by atoms with Gasteiger partial charge in [-0.05, 0) is 29.6 Å². The lowest BCUT2D eigenvalue weighted by Crippen LogP contribution is -1.93.